The van der Waals surface area contributed by atoms with Crippen molar-refractivity contribution in [3.8, 4) is 0 Å². The number of Topliss-reactive ketones (excluding diaryl/α,β-unsaturated/α-hetero) is 1. The lowest BCUT2D eigenvalue weighted by molar-refractivity contribution is -0.116. The molecule has 0 N–H and O–H groups in total. The molecule has 1 radical (unpaired) electrons. The Labute approximate surface area is 89.3 Å². The molecular weight excluding hydrogens is 172 g/mol. The average molecular weight is 197 g/mol. The molecule has 0 aliphatic carbocycles. The fraction of sp³-hybridized carbons (Fsp3) is 0.846. The largest absolute Gasteiger partial charge is 0.300 e. The Morgan fingerprint density at radius 3 is 2.14 bits per heavy atom. The molecule has 0 heterocycles. The lowest BCUT2D eigenvalue weighted by Gasteiger charge is -2.00. The second-order valence-electron chi connectivity index (χ2n) is 4.10. The highest BCUT2D eigenvalue weighted by Crippen LogP contribution is 2.09. The molecule has 0 atom stereocenters. The number of rotatable bonds is 10. The van der Waals surface area contributed by atoms with Crippen molar-refractivity contribution in [1.82, 2.24) is 0 Å². The molecular formula is C13H25O. The Hall–Kier alpha value is -0.330. The van der Waals surface area contributed by atoms with Crippen molar-refractivity contribution < 1.29 is 4.79 Å². The van der Waals surface area contributed by atoms with Gasteiger partial charge < -0.3 is 4.79 Å². The van der Waals surface area contributed by atoms with Gasteiger partial charge in [0.15, 0.2) is 0 Å². The smallest absolute Gasteiger partial charge is 0.130 e. The first-order valence-electron chi connectivity index (χ1n) is 6.08. The zero-order valence-corrected chi connectivity index (χ0v) is 9.85. The molecule has 0 unspecified atom stereocenters. The number of unbranched alkanes of at least 4 members (excludes halogenated alkanes) is 8. The molecule has 0 aliphatic heterocycles. The van der Waals surface area contributed by atoms with E-state index in [1.54, 1.807) is 6.92 Å². The molecule has 0 rings (SSSR count). The van der Waals surface area contributed by atoms with Crippen LogP contribution < -0.4 is 0 Å². The van der Waals surface area contributed by atoms with Crippen LogP contribution in [0, 0.1) is 6.42 Å². The highest BCUT2D eigenvalue weighted by atomic mass is 16.1. The van der Waals surface area contributed by atoms with Crippen LogP contribution in [0.1, 0.15) is 71.6 Å². The molecule has 0 saturated heterocycles. The summed E-state index contributed by atoms with van der Waals surface area (Å²) in [5, 5.41) is 0. The minimum atomic E-state index is 0.285. The van der Waals surface area contributed by atoms with E-state index in [4.69, 9.17) is 0 Å². The van der Waals surface area contributed by atoms with E-state index in [1.165, 1.54) is 44.9 Å². The predicted octanol–water partition coefficient (Wildman–Crippen LogP) is 4.31. The highest BCUT2D eigenvalue weighted by Gasteiger charge is 1.94. The monoisotopic (exact) mass is 197 g/mol. The summed E-state index contributed by atoms with van der Waals surface area (Å²) in [5.74, 6) is 0.285. The Morgan fingerprint density at radius 2 is 1.57 bits per heavy atom. The quantitative estimate of drug-likeness (QED) is 0.477. The van der Waals surface area contributed by atoms with Gasteiger partial charge in [-0.2, -0.15) is 0 Å². The van der Waals surface area contributed by atoms with Crippen LogP contribution in [-0.4, -0.2) is 5.78 Å². The third kappa shape index (κ3) is 11.7. The normalized spacial score (nSPS) is 10.4. The van der Waals surface area contributed by atoms with Crippen LogP contribution >= 0.6 is 0 Å². The molecule has 14 heavy (non-hydrogen) atoms. The van der Waals surface area contributed by atoms with Crippen LogP contribution in [0.25, 0.3) is 0 Å². The van der Waals surface area contributed by atoms with Crippen molar-refractivity contribution in [1.29, 1.82) is 0 Å². The number of carbonyl (C=O) groups excluding carboxylic acids is 1. The minimum Gasteiger partial charge on any atom is -0.300 e. The van der Waals surface area contributed by atoms with Gasteiger partial charge in [-0.15, -0.1) is 0 Å². The highest BCUT2D eigenvalue weighted by molar-refractivity contribution is 5.76. The van der Waals surface area contributed by atoms with Gasteiger partial charge in [0.25, 0.3) is 0 Å². The van der Waals surface area contributed by atoms with Crippen LogP contribution in [0.15, 0.2) is 0 Å². The van der Waals surface area contributed by atoms with E-state index in [2.05, 4.69) is 13.3 Å². The second kappa shape index (κ2) is 10.7. The van der Waals surface area contributed by atoms with Gasteiger partial charge in [-0.05, 0) is 19.8 Å². The Bertz CT molecular complexity index is 129. The summed E-state index contributed by atoms with van der Waals surface area (Å²) in [5.41, 5.74) is 0. The average Bonchev–Trinajstić information content (AvgIpc) is 2.15. The molecule has 0 fully saturated rings. The molecule has 1 heteroatoms. The van der Waals surface area contributed by atoms with Gasteiger partial charge in [0.05, 0.1) is 0 Å². The predicted molar refractivity (Wildman–Crippen MR) is 62.2 cm³/mol. The summed E-state index contributed by atoms with van der Waals surface area (Å²) in [6, 6.07) is 0. The third-order valence-corrected chi connectivity index (χ3v) is 2.44. The summed E-state index contributed by atoms with van der Waals surface area (Å²) in [4.78, 5) is 10.6. The zero-order chi connectivity index (χ0) is 10.6. The van der Waals surface area contributed by atoms with Crippen LogP contribution in [0.2, 0.25) is 0 Å². The first kappa shape index (κ1) is 13.7. The third-order valence-electron chi connectivity index (χ3n) is 2.44. The van der Waals surface area contributed by atoms with Crippen molar-refractivity contribution in [2.24, 2.45) is 0 Å². The Morgan fingerprint density at radius 1 is 1.00 bits per heavy atom. The van der Waals surface area contributed by atoms with Gasteiger partial charge >= 0.3 is 0 Å². The van der Waals surface area contributed by atoms with Gasteiger partial charge in [0, 0.05) is 6.42 Å². The molecule has 83 valence electrons. The summed E-state index contributed by atoms with van der Waals surface area (Å²) in [7, 11) is 0. The van der Waals surface area contributed by atoms with Gasteiger partial charge in [-0.1, -0.05) is 51.9 Å². The standard InChI is InChI=1S/C13H25O/c1-3-4-5-6-7-8-9-10-11-12-13(2)14/h11H,3-10,12H2,1-2H3. The number of hydrogen-bond donors (Lipinski definition) is 0. The van der Waals surface area contributed by atoms with Gasteiger partial charge in [0.2, 0.25) is 0 Å². The van der Waals surface area contributed by atoms with E-state index in [9.17, 15) is 4.79 Å². The summed E-state index contributed by atoms with van der Waals surface area (Å²) in [6.45, 7) is 3.90. The molecule has 0 spiro atoms. The summed E-state index contributed by atoms with van der Waals surface area (Å²) >= 11 is 0. The maximum Gasteiger partial charge on any atom is 0.130 e. The topological polar surface area (TPSA) is 17.1 Å². The Kier molecular flexibility index (Phi) is 10.5. The number of ketones is 1. The van der Waals surface area contributed by atoms with E-state index in [0.29, 0.717) is 6.42 Å². The van der Waals surface area contributed by atoms with Crippen LogP contribution in [0.4, 0.5) is 0 Å². The molecule has 0 aliphatic rings. The fourth-order valence-corrected chi connectivity index (χ4v) is 1.55. The molecule has 1 nitrogen and oxygen atoms in total. The SMILES string of the molecule is CCCCCCCCC[CH]CC(C)=O. The van der Waals surface area contributed by atoms with Gasteiger partial charge in [-0.25, -0.2) is 0 Å². The fourth-order valence-electron chi connectivity index (χ4n) is 1.55. The zero-order valence-electron chi connectivity index (χ0n) is 9.85. The molecule has 0 bridgehead atoms. The summed E-state index contributed by atoms with van der Waals surface area (Å²) < 4.78 is 0. The second-order valence-corrected chi connectivity index (χ2v) is 4.10. The van der Waals surface area contributed by atoms with Crippen molar-refractivity contribution in [3.63, 3.8) is 0 Å². The first-order valence-corrected chi connectivity index (χ1v) is 6.08. The van der Waals surface area contributed by atoms with Gasteiger partial charge in [-0.3, -0.25) is 0 Å². The van der Waals surface area contributed by atoms with E-state index in [1.807, 2.05) is 0 Å². The number of hydrogen-bond acceptors (Lipinski definition) is 1. The molecule has 0 aromatic carbocycles. The molecule has 0 aromatic heterocycles. The summed E-state index contributed by atoms with van der Waals surface area (Å²) in [6.07, 6.45) is 13.4. The van der Waals surface area contributed by atoms with E-state index in [-0.39, 0.29) is 5.78 Å². The van der Waals surface area contributed by atoms with Crippen LogP contribution in [0.3, 0.4) is 0 Å². The van der Waals surface area contributed by atoms with Crippen LogP contribution in [0.5, 0.6) is 0 Å². The van der Waals surface area contributed by atoms with Crippen molar-refractivity contribution in [2.75, 3.05) is 0 Å². The maximum atomic E-state index is 10.6. The number of carbonyl (C=O) groups is 1. The van der Waals surface area contributed by atoms with Crippen molar-refractivity contribution >= 4 is 5.78 Å². The lowest BCUT2D eigenvalue weighted by atomic mass is 10.1. The van der Waals surface area contributed by atoms with Gasteiger partial charge in [0.1, 0.15) is 5.78 Å². The van der Waals surface area contributed by atoms with Crippen LogP contribution in [-0.2, 0) is 4.79 Å². The first-order chi connectivity index (χ1) is 6.77. The van der Waals surface area contributed by atoms with E-state index >= 15 is 0 Å². The van der Waals surface area contributed by atoms with Crippen molar-refractivity contribution in [3.05, 3.63) is 6.42 Å². The van der Waals surface area contributed by atoms with E-state index in [0.717, 1.165) is 6.42 Å². The minimum absolute atomic E-state index is 0.285. The maximum absolute atomic E-state index is 10.6. The van der Waals surface area contributed by atoms with E-state index < -0.39 is 0 Å². The molecule has 0 aromatic rings. The lowest BCUT2D eigenvalue weighted by Crippen LogP contribution is -1.90. The molecule has 0 saturated carbocycles. The Balaban J connectivity index is 2.88. The molecule has 0 amide bonds. The van der Waals surface area contributed by atoms with Crippen molar-refractivity contribution in [2.45, 2.75) is 71.6 Å².